The summed E-state index contributed by atoms with van der Waals surface area (Å²) < 4.78 is 11.5. The minimum atomic E-state index is 0.0575. The Kier molecular flexibility index (Phi) is 3.75. The summed E-state index contributed by atoms with van der Waals surface area (Å²) in [6, 6.07) is 8.43. The van der Waals surface area contributed by atoms with Crippen LogP contribution in [0.1, 0.15) is 32.1 Å². The maximum absolute atomic E-state index is 12.2. The third kappa shape index (κ3) is 2.32. The molecule has 1 saturated heterocycles. The van der Waals surface area contributed by atoms with E-state index in [9.17, 15) is 4.79 Å². The minimum Gasteiger partial charge on any atom is -0.482 e. The summed E-state index contributed by atoms with van der Waals surface area (Å²) in [7, 11) is 0. The Morgan fingerprint density at radius 2 is 2.16 bits per heavy atom. The van der Waals surface area contributed by atoms with Crippen LogP contribution in [0.25, 0.3) is 0 Å². The molecule has 1 N–H and O–H groups in total. The van der Waals surface area contributed by atoms with E-state index in [1.54, 1.807) is 0 Å². The van der Waals surface area contributed by atoms with Crippen LogP contribution in [0.2, 0.25) is 0 Å². The van der Waals surface area contributed by atoms with Gasteiger partial charge in [0.25, 0.3) is 5.91 Å². The highest BCUT2D eigenvalue weighted by atomic mass is 16.5. The van der Waals surface area contributed by atoms with Crippen molar-refractivity contribution in [1.82, 2.24) is 5.32 Å². The lowest BCUT2D eigenvalue weighted by Crippen LogP contribution is -2.71. The molecule has 134 valence electrons. The van der Waals surface area contributed by atoms with E-state index in [2.05, 4.69) is 5.32 Å². The van der Waals surface area contributed by atoms with Crippen LogP contribution in [-0.2, 0) is 9.53 Å². The van der Waals surface area contributed by atoms with Crippen molar-refractivity contribution in [2.75, 3.05) is 31.2 Å². The first-order chi connectivity index (χ1) is 12.3. The van der Waals surface area contributed by atoms with E-state index in [1.165, 1.54) is 25.7 Å². The van der Waals surface area contributed by atoms with Gasteiger partial charge >= 0.3 is 0 Å². The fraction of sp³-hybridized carbons (Fsp3) is 0.650. The number of ether oxygens (including phenoxy) is 2. The number of benzene rings is 1. The van der Waals surface area contributed by atoms with Crippen molar-refractivity contribution < 1.29 is 14.3 Å². The second-order valence-electron chi connectivity index (χ2n) is 7.92. The zero-order chi connectivity index (χ0) is 16.9. The summed E-state index contributed by atoms with van der Waals surface area (Å²) in [5.41, 5.74) is 1.34. The number of rotatable bonds is 5. The largest absolute Gasteiger partial charge is 0.482 e. The van der Waals surface area contributed by atoms with Crippen molar-refractivity contribution in [3.05, 3.63) is 24.3 Å². The molecule has 1 spiro atoms. The van der Waals surface area contributed by atoms with Crippen LogP contribution in [0.15, 0.2) is 24.3 Å². The number of hydrogen-bond donors (Lipinski definition) is 1. The maximum atomic E-state index is 12.2. The van der Waals surface area contributed by atoms with E-state index in [-0.39, 0.29) is 12.5 Å². The average Bonchev–Trinajstić information content (AvgIpc) is 3.00. The summed E-state index contributed by atoms with van der Waals surface area (Å²) in [5.74, 6) is 1.58. The van der Waals surface area contributed by atoms with Gasteiger partial charge in [-0.1, -0.05) is 18.6 Å². The summed E-state index contributed by atoms with van der Waals surface area (Å²) in [6.07, 6.45) is 6.68. The lowest BCUT2D eigenvalue weighted by molar-refractivity contribution is -0.175. The Morgan fingerprint density at radius 3 is 3.00 bits per heavy atom. The molecule has 0 radical (unpaired) electrons. The molecule has 4 aliphatic rings. The van der Waals surface area contributed by atoms with Gasteiger partial charge in [-0.2, -0.15) is 0 Å². The van der Waals surface area contributed by atoms with Gasteiger partial charge in [0.15, 0.2) is 6.61 Å². The highest BCUT2D eigenvalue weighted by Gasteiger charge is 2.66. The molecule has 3 atom stereocenters. The molecule has 2 aliphatic heterocycles. The van der Waals surface area contributed by atoms with E-state index < -0.39 is 0 Å². The number of carbonyl (C=O) groups is 1. The van der Waals surface area contributed by atoms with E-state index >= 15 is 0 Å². The molecule has 2 saturated carbocycles. The van der Waals surface area contributed by atoms with Crippen molar-refractivity contribution in [2.45, 2.75) is 44.2 Å². The van der Waals surface area contributed by atoms with Crippen LogP contribution in [0.3, 0.4) is 0 Å². The van der Waals surface area contributed by atoms with Crippen LogP contribution in [0.4, 0.5) is 5.69 Å². The molecule has 0 unspecified atom stereocenters. The lowest BCUT2D eigenvalue weighted by Gasteiger charge is -2.63. The van der Waals surface area contributed by atoms with Gasteiger partial charge in [0.1, 0.15) is 5.75 Å². The first kappa shape index (κ1) is 15.6. The third-order valence-corrected chi connectivity index (χ3v) is 6.77. The van der Waals surface area contributed by atoms with E-state index in [0.717, 1.165) is 37.6 Å². The third-order valence-electron chi connectivity index (χ3n) is 6.77. The summed E-state index contributed by atoms with van der Waals surface area (Å²) in [6.45, 7) is 2.80. The predicted molar refractivity (Wildman–Crippen MR) is 94.8 cm³/mol. The molecule has 1 aromatic rings. The van der Waals surface area contributed by atoms with Gasteiger partial charge in [0, 0.05) is 30.5 Å². The van der Waals surface area contributed by atoms with Crippen molar-refractivity contribution in [3.63, 3.8) is 0 Å². The first-order valence-corrected chi connectivity index (χ1v) is 9.67. The molecule has 2 heterocycles. The SMILES string of the molecule is O=C1COc2ccccc2N1CCCN[C@@H]1[C@H]2CCO[C@@H]2C12CCC2. The van der Waals surface area contributed by atoms with Crippen LogP contribution in [-0.4, -0.2) is 44.4 Å². The summed E-state index contributed by atoms with van der Waals surface area (Å²) >= 11 is 0. The van der Waals surface area contributed by atoms with E-state index in [0.29, 0.717) is 23.5 Å². The fourth-order valence-electron chi connectivity index (χ4n) is 5.45. The molecule has 1 amide bonds. The lowest BCUT2D eigenvalue weighted by atomic mass is 9.46. The van der Waals surface area contributed by atoms with Gasteiger partial charge in [0.05, 0.1) is 11.8 Å². The van der Waals surface area contributed by atoms with Crippen molar-refractivity contribution in [3.8, 4) is 5.75 Å². The molecule has 5 rings (SSSR count). The van der Waals surface area contributed by atoms with Gasteiger partial charge in [0.2, 0.25) is 0 Å². The maximum Gasteiger partial charge on any atom is 0.265 e. The second kappa shape index (κ2) is 5.99. The van der Waals surface area contributed by atoms with Crippen molar-refractivity contribution in [1.29, 1.82) is 0 Å². The molecule has 0 aromatic heterocycles. The average molecular weight is 342 g/mol. The van der Waals surface area contributed by atoms with Gasteiger partial charge in [-0.25, -0.2) is 0 Å². The molecule has 25 heavy (non-hydrogen) atoms. The summed E-state index contributed by atoms with van der Waals surface area (Å²) in [4.78, 5) is 14.1. The molecule has 5 heteroatoms. The fourth-order valence-corrected chi connectivity index (χ4v) is 5.45. The highest BCUT2D eigenvalue weighted by molar-refractivity contribution is 5.97. The highest BCUT2D eigenvalue weighted by Crippen LogP contribution is 2.62. The molecule has 1 aromatic carbocycles. The summed E-state index contributed by atoms with van der Waals surface area (Å²) in [5, 5.41) is 3.81. The van der Waals surface area contributed by atoms with E-state index in [4.69, 9.17) is 9.47 Å². The number of amides is 1. The Morgan fingerprint density at radius 1 is 1.28 bits per heavy atom. The first-order valence-electron chi connectivity index (χ1n) is 9.67. The molecule has 5 nitrogen and oxygen atoms in total. The Balaban J connectivity index is 1.17. The zero-order valence-electron chi connectivity index (χ0n) is 14.6. The van der Waals surface area contributed by atoms with Crippen LogP contribution in [0, 0.1) is 11.3 Å². The molecule has 0 bridgehead atoms. The normalized spacial score (nSPS) is 31.8. The van der Waals surface area contributed by atoms with E-state index in [1.807, 2.05) is 29.2 Å². The van der Waals surface area contributed by atoms with Crippen LogP contribution >= 0.6 is 0 Å². The molecule has 2 aliphatic carbocycles. The number of anilines is 1. The Labute approximate surface area is 148 Å². The molecular formula is C20H26N2O3. The van der Waals surface area contributed by atoms with Crippen LogP contribution in [0.5, 0.6) is 5.75 Å². The predicted octanol–water partition coefficient (Wildman–Crippen LogP) is 2.35. The Bertz CT molecular complexity index is 673. The standard InChI is InChI=1S/C20H26N2O3/c23-17-13-25-16-6-2-1-5-15(16)22(17)11-4-10-21-18-14-7-12-24-19(14)20(18)8-3-9-20/h1-2,5-6,14,18-19,21H,3-4,7-13H2/t14-,18-,19+/m1/s1. The van der Waals surface area contributed by atoms with Gasteiger partial charge in [-0.3, -0.25) is 4.79 Å². The quantitative estimate of drug-likeness (QED) is 0.835. The van der Waals surface area contributed by atoms with Gasteiger partial charge in [-0.15, -0.1) is 0 Å². The zero-order valence-corrected chi connectivity index (χ0v) is 14.6. The van der Waals surface area contributed by atoms with Crippen molar-refractivity contribution >= 4 is 11.6 Å². The molecule has 3 fully saturated rings. The molecular weight excluding hydrogens is 316 g/mol. The van der Waals surface area contributed by atoms with Gasteiger partial charge < -0.3 is 19.7 Å². The second-order valence-corrected chi connectivity index (χ2v) is 7.92. The number of carbonyl (C=O) groups excluding carboxylic acids is 1. The number of nitrogens with zero attached hydrogens (tertiary/aromatic N) is 1. The smallest absolute Gasteiger partial charge is 0.265 e. The monoisotopic (exact) mass is 342 g/mol. The van der Waals surface area contributed by atoms with Gasteiger partial charge in [-0.05, 0) is 44.4 Å². The topological polar surface area (TPSA) is 50.8 Å². The number of hydrogen-bond acceptors (Lipinski definition) is 4. The van der Waals surface area contributed by atoms with Crippen LogP contribution < -0.4 is 15.0 Å². The number of fused-ring (bicyclic) bond motifs is 3. The Hall–Kier alpha value is -1.59. The minimum absolute atomic E-state index is 0.0575. The number of para-hydroxylation sites is 2. The van der Waals surface area contributed by atoms with Crippen molar-refractivity contribution in [2.24, 2.45) is 11.3 Å². The number of nitrogens with one attached hydrogen (secondary N) is 1.